The van der Waals surface area contributed by atoms with Gasteiger partial charge in [-0.05, 0) is 43.8 Å². The van der Waals surface area contributed by atoms with E-state index in [4.69, 9.17) is 11.6 Å². The van der Waals surface area contributed by atoms with Crippen LogP contribution in [0.5, 0.6) is 0 Å². The molecule has 2 aromatic rings. The molecular formula is C15H14BrClFN. The van der Waals surface area contributed by atoms with Gasteiger partial charge in [0.15, 0.2) is 0 Å². The van der Waals surface area contributed by atoms with E-state index in [1.54, 1.807) is 13.1 Å². The Morgan fingerprint density at radius 1 is 1.21 bits per heavy atom. The first kappa shape index (κ1) is 14.5. The largest absolute Gasteiger partial charge is 0.309 e. The second-order valence-electron chi connectivity index (χ2n) is 4.45. The summed E-state index contributed by atoms with van der Waals surface area (Å²) in [5, 5.41) is 3.76. The number of benzene rings is 2. The molecule has 0 aliphatic heterocycles. The topological polar surface area (TPSA) is 12.0 Å². The molecule has 100 valence electrons. The molecule has 0 saturated carbocycles. The van der Waals surface area contributed by atoms with Crippen molar-refractivity contribution in [2.45, 2.75) is 13.0 Å². The van der Waals surface area contributed by atoms with Gasteiger partial charge in [0.25, 0.3) is 0 Å². The van der Waals surface area contributed by atoms with Crippen molar-refractivity contribution in [1.82, 2.24) is 5.32 Å². The van der Waals surface area contributed by atoms with Gasteiger partial charge >= 0.3 is 0 Å². The predicted molar refractivity (Wildman–Crippen MR) is 81.2 cm³/mol. The van der Waals surface area contributed by atoms with Crippen LogP contribution in [0.3, 0.4) is 0 Å². The van der Waals surface area contributed by atoms with Crippen molar-refractivity contribution in [3.05, 3.63) is 68.4 Å². The van der Waals surface area contributed by atoms with Gasteiger partial charge in [-0.15, -0.1) is 0 Å². The summed E-state index contributed by atoms with van der Waals surface area (Å²) in [5.41, 5.74) is 2.57. The average molecular weight is 343 g/mol. The quantitative estimate of drug-likeness (QED) is 0.840. The summed E-state index contributed by atoms with van der Waals surface area (Å²) in [4.78, 5) is 0. The fourth-order valence-corrected chi connectivity index (χ4v) is 3.01. The van der Waals surface area contributed by atoms with Crippen molar-refractivity contribution in [2.75, 3.05) is 7.05 Å². The maximum absolute atomic E-state index is 14.0. The first-order valence-electron chi connectivity index (χ1n) is 5.90. The smallest absolute Gasteiger partial charge is 0.128 e. The third kappa shape index (κ3) is 3.35. The van der Waals surface area contributed by atoms with Crippen LogP contribution in [0.25, 0.3) is 0 Å². The van der Waals surface area contributed by atoms with Crippen LogP contribution in [-0.4, -0.2) is 7.05 Å². The van der Waals surface area contributed by atoms with Crippen molar-refractivity contribution < 1.29 is 4.39 Å². The second-order valence-corrected chi connectivity index (χ2v) is 5.80. The molecule has 0 radical (unpaired) electrons. The standard InChI is InChI=1S/C15H14BrClFN/c1-9-3-4-14(18)13(5-9)15(19-2)10-6-11(16)8-12(17)7-10/h3-8,15,19H,1-2H3. The molecule has 0 aromatic heterocycles. The summed E-state index contributed by atoms with van der Waals surface area (Å²) in [5.74, 6) is -0.221. The lowest BCUT2D eigenvalue weighted by atomic mass is 9.97. The highest BCUT2D eigenvalue weighted by Gasteiger charge is 2.17. The Morgan fingerprint density at radius 3 is 2.58 bits per heavy atom. The van der Waals surface area contributed by atoms with Crippen molar-refractivity contribution >= 4 is 27.5 Å². The number of rotatable bonds is 3. The van der Waals surface area contributed by atoms with Gasteiger partial charge in [0.05, 0.1) is 6.04 Å². The third-order valence-corrected chi connectivity index (χ3v) is 3.65. The Kier molecular flexibility index (Phi) is 4.61. The Hall–Kier alpha value is -0.900. The van der Waals surface area contributed by atoms with E-state index in [1.165, 1.54) is 6.07 Å². The Morgan fingerprint density at radius 2 is 1.95 bits per heavy atom. The molecule has 0 aliphatic rings. The Bertz CT molecular complexity index is 580. The van der Waals surface area contributed by atoms with Gasteiger partial charge in [-0.2, -0.15) is 0 Å². The van der Waals surface area contributed by atoms with Gasteiger partial charge < -0.3 is 5.32 Å². The molecule has 0 fully saturated rings. The molecule has 0 saturated heterocycles. The summed E-state index contributed by atoms with van der Waals surface area (Å²) in [6.45, 7) is 1.95. The molecular weight excluding hydrogens is 329 g/mol. The zero-order valence-electron chi connectivity index (χ0n) is 10.7. The van der Waals surface area contributed by atoms with Crippen LogP contribution in [0, 0.1) is 12.7 Å². The van der Waals surface area contributed by atoms with Crippen LogP contribution in [-0.2, 0) is 0 Å². The average Bonchev–Trinajstić information content (AvgIpc) is 2.33. The molecule has 1 N–H and O–H groups in total. The molecule has 19 heavy (non-hydrogen) atoms. The van der Waals surface area contributed by atoms with Crippen molar-refractivity contribution in [3.8, 4) is 0 Å². The second kappa shape index (κ2) is 6.04. The minimum atomic E-state index is -0.227. The van der Waals surface area contributed by atoms with Crippen LogP contribution in [0.15, 0.2) is 40.9 Å². The fraction of sp³-hybridized carbons (Fsp3) is 0.200. The molecule has 0 bridgehead atoms. The van der Waals surface area contributed by atoms with Gasteiger partial charge in [-0.3, -0.25) is 0 Å². The number of nitrogens with one attached hydrogen (secondary N) is 1. The molecule has 2 aromatic carbocycles. The zero-order valence-corrected chi connectivity index (χ0v) is 13.0. The Labute approximate surface area is 125 Å². The van der Waals surface area contributed by atoms with Gasteiger partial charge in [0.2, 0.25) is 0 Å². The monoisotopic (exact) mass is 341 g/mol. The van der Waals surface area contributed by atoms with E-state index in [1.807, 2.05) is 31.2 Å². The summed E-state index contributed by atoms with van der Waals surface area (Å²) < 4.78 is 14.9. The number of aryl methyl sites for hydroxylation is 1. The van der Waals surface area contributed by atoms with Crippen LogP contribution in [0.2, 0.25) is 5.02 Å². The molecule has 0 spiro atoms. The fourth-order valence-electron chi connectivity index (χ4n) is 2.13. The number of halogens is 3. The molecule has 4 heteroatoms. The summed E-state index contributed by atoms with van der Waals surface area (Å²) >= 11 is 9.47. The van der Waals surface area contributed by atoms with Crippen molar-refractivity contribution in [3.63, 3.8) is 0 Å². The minimum absolute atomic E-state index is 0.221. The molecule has 2 rings (SSSR count). The first-order valence-corrected chi connectivity index (χ1v) is 7.07. The summed E-state index contributed by atoms with van der Waals surface area (Å²) in [7, 11) is 1.81. The number of hydrogen-bond donors (Lipinski definition) is 1. The van der Waals surface area contributed by atoms with Gasteiger partial charge in [-0.1, -0.05) is 45.2 Å². The lowest BCUT2D eigenvalue weighted by Gasteiger charge is -2.19. The van der Waals surface area contributed by atoms with E-state index in [0.29, 0.717) is 10.6 Å². The zero-order chi connectivity index (χ0) is 14.0. The van der Waals surface area contributed by atoms with E-state index >= 15 is 0 Å². The molecule has 1 unspecified atom stereocenters. The van der Waals surface area contributed by atoms with E-state index in [-0.39, 0.29) is 11.9 Å². The highest BCUT2D eigenvalue weighted by atomic mass is 79.9. The van der Waals surface area contributed by atoms with Crippen LogP contribution >= 0.6 is 27.5 Å². The first-order chi connectivity index (χ1) is 9.01. The normalized spacial score (nSPS) is 12.5. The van der Waals surface area contributed by atoms with E-state index in [0.717, 1.165) is 15.6 Å². The third-order valence-electron chi connectivity index (χ3n) is 2.97. The van der Waals surface area contributed by atoms with Crippen LogP contribution < -0.4 is 5.32 Å². The van der Waals surface area contributed by atoms with E-state index in [2.05, 4.69) is 21.2 Å². The van der Waals surface area contributed by atoms with Gasteiger partial charge in [0.1, 0.15) is 5.82 Å². The molecule has 0 aliphatic carbocycles. The summed E-state index contributed by atoms with van der Waals surface area (Å²) in [6.07, 6.45) is 0. The lowest BCUT2D eigenvalue weighted by molar-refractivity contribution is 0.575. The van der Waals surface area contributed by atoms with Crippen LogP contribution in [0.4, 0.5) is 4.39 Å². The predicted octanol–water partition coefficient (Wildman–Crippen LogP) is 4.86. The molecule has 0 amide bonds. The Balaban J connectivity index is 2.52. The lowest BCUT2D eigenvalue weighted by Crippen LogP contribution is -2.19. The molecule has 1 atom stereocenters. The van der Waals surface area contributed by atoms with Crippen molar-refractivity contribution in [2.24, 2.45) is 0 Å². The van der Waals surface area contributed by atoms with E-state index in [9.17, 15) is 4.39 Å². The molecule has 0 heterocycles. The minimum Gasteiger partial charge on any atom is -0.309 e. The molecule has 1 nitrogen and oxygen atoms in total. The van der Waals surface area contributed by atoms with Crippen LogP contribution in [0.1, 0.15) is 22.7 Å². The van der Waals surface area contributed by atoms with E-state index < -0.39 is 0 Å². The highest BCUT2D eigenvalue weighted by Crippen LogP contribution is 2.29. The summed E-state index contributed by atoms with van der Waals surface area (Å²) in [6, 6.07) is 10.5. The maximum atomic E-state index is 14.0. The highest BCUT2D eigenvalue weighted by molar-refractivity contribution is 9.10. The maximum Gasteiger partial charge on any atom is 0.128 e. The SMILES string of the molecule is CNC(c1cc(Cl)cc(Br)c1)c1cc(C)ccc1F. The van der Waals surface area contributed by atoms with Gasteiger partial charge in [0, 0.05) is 15.1 Å². The van der Waals surface area contributed by atoms with Gasteiger partial charge in [-0.25, -0.2) is 4.39 Å². The number of hydrogen-bond acceptors (Lipinski definition) is 1. The van der Waals surface area contributed by atoms with Crippen molar-refractivity contribution in [1.29, 1.82) is 0 Å².